The fraction of sp³-hybridized carbons (Fsp3) is 0.0149. The van der Waals surface area contributed by atoms with Gasteiger partial charge in [0, 0.05) is 54.6 Å². The van der Waals surface area contributed by atoms with Crippen molar-refractivity contribution >= 4 is 362 Å². The maximum Gasteiger partial charge on any atom is 0.372 e. The van der Waals surface area contributed by atoms with Gasteiger partial charge in [-0.3, -0.25) is 40.5 Å². The van der Waals surface area contributed by atoms with Crippen LogP contribution in [-0.4, -0.2) is 23.9 Å². The maximum atomic E-state index is 11.3. The molecule has 576 valence electrons. The van der Waals surface area contributed by atoms with Crippen LogP contribution in [0, 0.1) is 47.4 Å². The van der Waals surface area contributed by atoms with Crippen LogP contribution in [0.1, 0.15) is 4.88 Å². The number of thiophene rings is 15. The van der Waals surface area contributed by atoms with E-state index in [1.54, 1.807) is 172 Å². The number of nitrogen functional groups attached to an aromatic ring is 2. The van der Waals surface area contributed by atoms with Crippen molar-refractivity contribution in [3.05, 3.63) is 257 Å². The molecule has 0 atom stereocenters. The van der Waals surface area contributed by atoms with Crippen molar-refractivity contribution in [2.24, 2.45) is 21.8 Å². The van der Waals surface area contributed by atoms with Crippen molar-refractivity contribution in [1.82, 2.24) is 0 Å². The van der Waals surface area contributed by atoms with Crippen LogP contribution in [0.2, 0.25) is 0 Å². The van der Waals surface area contributed by atoms with Crippen molar-refractivity contribution in [3.63, 3.8) is 0 Å². The Labute approximate surface area is 771 Å². The summed E-state index contributed by atoms with van der Waals surface area (Å²) in [6.45, 7) is 2.10. The number of nitrogens with two attached hydrogens (primary N) is 2. The molecule has 17 heterocycles. The molecule has 4 N–H and O–H groups in total. The Kier molecular flexibility index (Phi) is 34.6. The summed E-state index contributed by atoms with van der Waals surface area (Å²) in [6.07, 6.45) is 0. The van der Waals surface area contributed by atoms with Gasteiger partial charge in [0.25, 0.3) is 0 Å². The first-order valence-electron chi connectivity index (χ1n) is 30.2. The van der Waals surface area contributed by atoms with Gasteiger partial charge < -0.3 is 11.5 Å². The average molecular weight is 2310 g/mol. The zero-order chi connectivity index (χ0) is 78.8. The molecule has 0 amide bonds. The molecule has 0 bridgehead atoms. The second-order valence-corrected chi connectivity index (χ2v) is 45.4. The van der Waals surface area contributed by atoms with E-state index in [0.29, 0.717) is 30.9 Å². The number of aryl methyl sites for hydroxylation is 1. The van der Waals surface area contributed by atoms with Gasteiger partial charge in [-0.05, 0) is 231 Å². The third-order valence-corrected chi connectivity index (χ3v) is 35.2. The van der Waals surface area contributed by atoms with E-state index in [9.17, 15) is 44.7 Å². The minimum absolute atomic E-state index is 0. The van der Waals surface area contributed by atoms with E-state index < -0.39 is 42.4 Å². The summed E-state index contributed by atoms with van der Waals surface area (Å²) in [4.78, 5) is 58.5. The molecule has 112 heavy (non-hydrogen) atoms. The number of nitro groups is 4. The van der Waals surface area contributed by atoms with Gasteiger partial charge in [0.2, 0.25) is 11.5 Å². The monoisotopic (exact) mass is 2300 g/mol. The van der Waals surface area contributed by atoms with Crippen LogP contribution >= 0.6 is 266 Å². The molecule has 2 aliphatic rings. The molecular formula is C67H39Br6N11O9PdS18. The van der Waals surface area contributed by atoms with Crippen LogP contribution in [0.3, 0.4) is 0 Å². The van der Waals surface area contributed by atoms with Crippen LogP contribution in [0.5, 0.6) is 0 Å². The number of nitrogens with zero attached hydrogens (tertiary/aromatic N) is 9. The molecule has 0 spiro atoms. The molecule has 1 aromatic carbocycles. The standard InChI is InChI=1S/C12H4Br2N2S4.C12H6N2O4S3.C12H6N2S4.C12H10N2S3.C6H5NOS.C5H6S.C4Br2N2O4S.C4H2Br2S.Pd/c13-7-3-1-5(17-7)11-9-10(16-20-15-9)12(19-11)6-2-4-8(14)18-6;15-13(16)9-10(14(17)18)12(8-4-2-6-20-8)21-11(9)7-3-1-5-19-7;1-3-7(15-5-1)11-9-10(14-18-13-9)12(17-11)8-4-2-6-16-8;13-9-10(14)12(8-4-2-6-16-8)17-11(9)7-3-1-5-15-7;8-9-7-6-4-2-1-3-5-6;1-5-3-2-4-6-5;5-3-1(7(9)10)2(8(11)12)4(6)13-3;5-3-1-2-4(6)7-3;/h1-4H;1-6H;1-6H;1-6H,13-14H2;1-5H;2-4H,1H3;;1-2H;. The molecule has 0 unspecified atom stereocenters. The Hall–Kier alpha value is -5.08. The summed E-state index contributed by atoms with van der Waals surface area (Å²) in [7, 11) is 0. The number of hydrogen-bond acceptors (Lipinski definition) is 31. The van der Waals surface area contributed by atoms with E-state index >= 15 is 0 Å². The second-order valence-electron chi connectivity index (χ2n) is 20.7. The largest absolute Gasteiger partial charge is 0.396 e. The van der Waals surface area contributed by atoms with Crippen LogP contribution in [0.4, 0.5) is 62.6 Å². The Morgan fingerprint density at radius 2 is 0.634 bits per heavy atom. The third-order valence-electron chi connectivity index (χ3n) is 13.8. The minimum atomic E-state index is -0.788. The molecular weight excluding hydrogens is 2270 g/mol. The van der Waals surface area contributed by atoms with E-state index in [4.69, 9.17) is 11.5 Å². The topological polar surface area (TPSA) is 303 Å². The smallest absolute Gasteiger partial charge is 0.372 e. The van der Waals surface area contributed by atoms with Gasteiger partial charge in [-0.1, -0.05) is 60.7 Å². The summed E-state index contributed by atoms with van der Waals surface area (Å²) in [5, 5.41) is 57.5. The minimum Gasteiger partial charge on any atom is -0.396 e. The molecule has 15 aromatic heterocycles. The number of halogens is 6. The predicted octanol–water partition coefficient (Wildman–Crippen LogP) is 32.9. The van der Waals surface area contributed by atoms with Crippen molar-refractivity contribution < 1.29 is 44.3 Å². The molecule has 0 aliphatic carbocycles. The van der Waals surface area contributed by atoms with Crippen LogP contribution in [0.25, 0.3) is 78.0 Å². The van der Waals surface area contributed by atoms with Crippen LogP contribution < -0.4 is 11.5 Å². The number of anilines is 2. The van der Waals surface area contributed by atoms with Gasteiger partial charge in [-0.2, -0.15) is 26.0 Å². The zero-order valence-corrected chi connectivity index (χ0v) is 81.0. The summed E-state index contributed by atoms with van der Waals surface area (Å²) in [6, 6.07) is 49.4. The fourth-order valence-electron chi connectivity index (χ4n) is 9.13. The molecule has 0 saturated carbocycles. The van der Waals surface area contributed by atoms with E-state index in [2.05, 4.69) is 224 Å². The van der Waals surface area contributed by atoms with Gasteiger partial charge in [-0.15, -0.1) is 170 Å². The van der Waals surface area contributed by atoms with Gasteiger partial charge >= 0.3 is 22.7 Å². The quantitative estimate of drug-likeness (QED) is 0.0621. The average Bonchev–Trinajstić information content (AvgIpc) is 1.66. The number of fused-ring (bicyclic) bond motifs is 2. The van der Waals surface area contributed by atoms with E-state index in [0.717, 1.165) is 68.4 Å². The van der Waals surface area contributed by atoms with Gasteiger partial charge in [-0.25, -0.2) is 0 Å². The van der Waals surface area contributed by atoms with Crippen LogP contribution in [-0.2, 0) is 54.6 Å². The van der Waals surface area contributed by atoms with Crippen molar-refractivity contribution in [2.45, 2.75) is 6.92 Å². The summed E-state index contributed by atoms with van der Waals surface area (Å²) in [5.41, 5.74) is 16.6. The summed E-state index contributed by atoms with van der Waals surface area (Å²) in [5.74, 6) is 0. The third kappa shape index (κ3) is 23.0. The van der Waals surface area contributed by atoms with Gasteiger partial charge in [0.1, 0.15) is 32.5 Å². The first-order chi connectivity index (χ1) is 53.6. The number of benzene rings is 1. The number of rotatable bonds is 13. The van der Waals surface area contributed by atoms with Gasteiger partial charge in [0.15, 0.2) is 7.57 Å². The Morgan fingerprint density at radius 3 is 0.902 bits per heavy atom. The molecule has 2 aliphatic heterocycles. The first kappa shape index (κ1) is 89.3. The summed E-state index contributed by atoms with van der Waals surface area (Å²) >= 11 is 46.0. The van der Waals surface area contributed by atoms with Gasteiger partial charge in [0.05, 0.1) is 114 Å². The van der Waals surface area contributed by atoms with Crippen molar-refractivity contribution in [1.29, 1.82) is 0 Å². The second kappa shape index (κ2) is 43.4. The Bertz CT molecular complexity index is 5760. The molecule has 45 heteroatoms. The molecule has 0 fully saturated rings. The summed E-state index contributed by atoms with van der Waals surface area (Å²) < 4.78 is 36.2. The Morgan fingerprint density at radius 1 is 0.339 bits per heavy atom. The fourth-order valence-corrected chi connectivity index (χ4v) is 29.5. The normalized spacial score (nSPS) is 10.8. The number of hydrogen-bond donors (Lipinski definition) is 2. The SMILES string of the molecule is Brc1ccc(-c2sc(-c3ccc(Br)s3)c3c2N=S=N3)s1.Brc1ccc(Br)s1.Cc1cccs1.Nc1c(-c2cccs2)sc(-c2cccs2)c1N.O=S=Nc1ccccc1.O=[N+]([O-])c1c(-c2cccs2)sc(-c2cccs2)c1[N+](=O)[O-].O=[N+]([O-])c1c(Br)sc(Br)c1[N+](=O)[O-].[Pd].c1csc(-c2sc(-c3cccs3)c3c2N=S=N3)c1. The molecule has 18 rings (SSSR count). The molecule has 0 saturated heterocycles. The predicted molar refractivity (Wildman–Crippen MR) is 503 cm³/mol. The van der Waals surface area contributed by atoms with E-state index in [-0.39, 0.29) is 39.5 Å². The van der Waals surface area contributed by atoms with Crippen molar-refractivity contribution in [3.8, 4) is 78.0 Å². The van der Waals surface area contributed by atoms with E-state index in [1.165, 1.54) is 107 Å². The first-order valence-corrected chi connectivity index (χ1v) is 49.8. The molecule has 0 radical (unpaired) electrons. The zero-order valence-electron chi connectivity index (χ0n) is 55.3. The molecule has 20 nitrogen and oxygen atoms in total. The maximum absolute atomic E-state index is 11.3. The van der Waals surface area contributed by atoms with Crippen molar-refractivity contribution in [2.75, 3.05) is 11.5 Å². The Balaban J connectivity index is 0.000000139. The van der Waals surface area contributed by atoms with E-state index in [1.807, 2.05) is 42.5 Å². The van der Waals surface area contributed by atoms with Crippen LogP contribution in [0.15, 0.2) is 234 Å². The molecule has 16 aromatic rings.